The Morgan fingerprint density at radius 2 is 2.11 bits per heavy atom. The maximum Gasteiger partial charge on any atom is 0.227 e. The van der Waals surface area contributed by atoms with Gasteiger partial charge in [-0.05, 0) is 31.2 Å². The average Bonchev–Trinajstić information content (AvgIpc) is 2.78. The smallest absolute Gasteiger partial charge is 0.227 e. The molecule has 0 fully saturated rings. The molecule has 2 unspecified atom stereocenters. The molecule has 18 heavy (non-hydrogen) atoms. The van der Waals surface area contributed by atoms with Crippen LogP contribution in [0.2, 0.25) is 0 Å². The monoisotopic (exact) mass is 255 g/mol. The number of hydrogen-bond donors (Lipinski definition) is 1. The van der Waals surface area contributed by atoms with Crippen molar-refractivity contribution in [3.8, 4) is 0 Å². The molecule has 2 atom stereocenters. The van der Waals surface area contributed by atoms with Crippen molar-refractivity contribution >= 4 is 0 Å². The number of methoxy groups -OCH3 is 1. The van der Waals surface area contributed by atoms with Gasteiger partial charge < -0.3 is 15.0 Å². The van der Waals surface area contributed by atoms with E-state index in [9.17, 15) is 0 Å². The summed E-state index contributed by atoms with van der Waals surface area (Å²) in [5.74, 6) is 2.33. The molecule has 0 radical (unpaired) electrons. The molecule has 0 spiro atoms. The molecule has 0 aliphatic rings. The fourth-order valence-corrected chi connectivity index (χ4v) is 2.11. The molecule has 0 amide bonds. The summed E-state index contributed by atoms with van der Waals surface area (Å²) >= 11 is 0. The van der Waals surface area contributed by atoms with Gasteiger partial charge in [0.05, 0.1) is 0 Å². The SMILES string of the molecule is CCC(OC)c1noc(CC(CN)CC(C)C)n1. The van der Waals surface area contributed by atoms with E-state index in [0.29, 0.717) is 30.1 Å². The highest BCUT2D eigenvalue weighted by molar-refractivity contribution is 4.92. The van der Waals surface area contributed by atoms with Gasteiger partial charge in [0.1, 0.15) is 6.10 Å². The maximum absolute atomic E-state index is 5.77. The van der Waals surface area contributed by atoms with E-state index in [0.717, 1.165) is 19.3 Å². The van der Waals surface area contributed by atoms with Crippen molar-refractivity contribution in [1.29, 1.82) is 0 Å². The van der Waals surface area contributed by atoms with Crippen LogP contribution in [-0.2, 0) is 11.2 Å². The van der Waals surface area contributed by atoms with E-state index in [1.54, 1.807) is 7.11 Å². The highest BCUT2D eigenvalue weighted by atomic mass is 16.5. The summed E-state index contributed by atoms with van der Waals surface area (Å²) in [6, 6.07) is 0. The lowest BCUT2D eigenvalue weighted by Crippen LogP contribution is -2.19. The Morgan fingerprint density at radius 1 is 1.39 bits per heavy atom. The van der Waals surface area contributed by atoms with E-state index in [4.69, 9.17) is 15.0 Å². The van der Waals surface area contributed by atoms with Crippen LogP contribution >= 0.6 is 0 Å². The molecule has 104 valence electrons. The number of ether oxygens (including phenoxy) is 1. The van der Waals surface area contributed by atoms with E-state index < -0.39 is 0 Å². The van der Waals surface area contributed by atoms with E-state index in [1.807, 2.05) is 6.92 Å². The second-order valence-corrected chi connectivity index (χ2v) is 5.11. The van der Waals surface area contributed by atoms with E-state index in [2.05, 4.69) is 24.0 Å². The second kappa shape index (κ2) is 7.48. The summed E-state index contributed by atoms with van der Waals surface area (Å²) in [5.41, 5.74) is 5.77. The summed E-state index contributed by atoms with van der Waals surface area (Å²) in [4.78, 5) is 4.39. The largest absolute Gasteiger partial charge is 0.373 e. The second-order valence-electron chi connectivity index (χ2n) is 5.11. The van der Waals surface area contributed by atoms with Crippen LogP contribution in [-0.4, -0.2) is 23.8 Å². The Morgan fingerprint density at radius 3 is 2.61 bits per heavy atom. The minimum atomic E-state index is -0.0797. The Labute approximate surface area is 109 Å². The first-order valence-electron chi connectivity index (χ1n) is 6.65. The summed E-state index contributed by atoms with van der Waals surface area (Å²) in [6.45, 7) is 7.07. The molecule has 0 aliphatic heterocycles. The number of rotatable bonds is 8. The molecule has 0 saturated heterocycles. The van der Waals surface area contributed by atoms with Crippen molar-refractivity contribution in [1.82, 2.24) is 10.1 Å². The van der Waals surface area contributed by atoms with Gasteiger partial charge in [-0.2, -0.15) is 4.98 Å². The Hall–Kier alpha value is -0.940. The van der Waals surface area contributed by atoms with Crippen molar-refractivity contribution in [3.63, 3.8) is 0 Å². The molecular weight excluding hydrogens is 230 g/mol. The van der Waals surface area contributed by atoms with Crippen molar-refractivity contribution in [2.45, 2.75) is 46.1 Å². The van der Waals surface area contributed by atoms with Gasteiger partial charge in [-0.15, -0.1) is 0 Å². The molecular formula is C13H25N3O2. The van der Waals surface area contributed by atoms with Gasteiger partial charge in [-0.1, -0.05) is 25.9 Å². The third-order valence-electron chi connectivity index (χ3n) is 3.03. The molecule has 0 aromatic carbocycles. The van der Waals surface area contributed by atoms with E-state index in [1.165, 1.54) is 0 Å². The molecule has 1 aromatic rings. The summed E-state index contributed by atoms with van der Waals surface area (Å²) in [7, 11) is 1.66. The van der Waals surface area contributed by atoms with Crippen LogP contribution in [0.25, 0.3) is 0 Å². The normalized spacial score (nSPS) is 15.0. The first-order chi connectivity index (χ1) is 8.60. The van der Waals surface area contributed by atoms with Gasteiger partial charge in [-0.25, -0.2) is 0 Å². The van der Waals surface area contributed by atoms with Gasteiger partial charge in [0.15, 0.2) is 0 Å². The first kappa shape index (κ1) is 15.1. The lowest BCUT2D eigenvalue weighted by atomic mass is 9.94. The molecule has 0 bridgehead atoms. The van der Waals surface area contributed by atoms with Crippen LogP contribution in [0.15, 0.2) is 4.52 Å². The summed E-state index contributed by atoms with van der Waals surface area (Å²) in [5, 5.41) is 3.97. The first-order valence-corrected chi connectivity index (χ1v) is 6.65. The molecule has 1 rings (SSSR count). The Kier molecular flexibility index (Phi) is 6.29. The zero-order valence-corrected chi connectivity index (χ0v) is 11.8. The van der Waals surface area contributed by atoms with Gasteiger partial charge in [0.25, 0.3) is 0 Å². The standard InChI is InChI=1S/C13H25N3O2/c1-5-11(17-4)13-15-12(18-16-13)7-10(8-14)6-9(2)3/h9-11H,5-8,14H2,1-4H3. The summed E-state index contributed by atoms with van der Waals surface area (Å²) < 4.78 is 10.6. The number of hydrogen-bond acceptors (Lipinski definition) is 5. The number of aromatic nitrogens is 2. The zero-order chi connectivity index (χ0) is 13.5. The maximum atomic E-state index is 5.77. The fraction of sp³-hybridized carbons (Fsp3) is 0.846. The average molecular weight is 255 g/mol. The summed E-state index contributed by atoms with van der Waals surface area (Å²) in [6.07, 6.45) is 2.59. The van der Waals surface area contributed by atoms with Crippen LogP contribution in [0.3, 0.4) is 0 Å². The van der Waals surface area contributed by atoms with Crippen LogP contribution in [0.4, 0.5) is 0 Å². The molecule has 5 heteroatoms. The zero-order valence-electron chi connectivity index (χ0n) is 11.8. The predicted molar refractivity (Wildman–Crippen MR) is 70.0 cm³/mol. The highest BCUT2D eigenvalue weighted by Gasteiger charge is 2.18. The lowest BCUT2D eigenvalue weighted by Gasteiger charge is -2.14. The minimum absolute atomic E-state index is 0.0797. The molecule has 1 aromatic heterocycles. The van der Waals surface area contributed by atoms with Gasteiger partial charge in [0.2, 0.25) is 11.7 Å². The van der Waals surface area contributed by atoms with Crippen LogP contribution in [0.5, 0.6) is 0 Å². The minimum Gasteiger partial charge on any atom is -0.373 e. The van der Waals surface area contributed by atoms with Gasteiger partial charge >= 0.3 is 0 Å². The van der Waals surface area contributed by atoms with Crippen LogP contribution in [0.1, 0.15) is 51.4 Å². The number of nitrogens with zero attached hydrogens (tertiary/aromatic N) is 2. The molecule has 5 nitrogen and oxygen atoms in total. The van der Waals surface area contributed by atoms with Crippen LogP contribution in [0, 0.1) is 11.8 Å². The molecule has 2 N–H and O–H groups in total. The highest BCUT2D eigenvalue weighted by Crippen LogP contribution is 2.19. The quantitative estimate of drug-likeness (QED) is 0.771. The molecule has 1 heterocycles. The van der Waals surface area contributed by atoms with E-state index >= 15 is 0 Å². The molecule has 0 saturated carbocycles. The van der Waals surface area contributed by atoms with Crippen molar-refractivity contribution in [2.24, 2.45) is 17.6 Å². The van der Waals surface area contributed by atoms with Crippen molar-refractivity contribution in [2.75, 3.05) is 13.7 Å². The predicted octanol–water partition coefficient (Wildman–Crippen LogP) is 2.33. The topological polar surface area (TPSA) is 74.2 Å². The fourth-order valence-electron chi connectivity index (χ4n) is 2.11. The number of nitrogens with two attached hydrogens (primary N) is 1. The lowest BCUT2D eigenvalue weighted by molar-refractivity contribution is 0.0903. The molecule has 0 aliphatic carbocycles. The van der Waals surface area contributed by atoms with Gasteiger partial charge in [-0.3, -0.25) is 0 Å². The van der Waals surface area contributed by atoms with E-state index in [-0.39, 0.29) is 6.10 Å². The Bertz CT molecular complexity index is 335. The van der Waals surface area contributed by atoms with Crippen LogP contribution < -0.4 is 5.73 Å². The third-order valence-corrected chi connectivity index (χ3v) is 3.03. The van der Waals surface area contributed by atoms with Crippen molar-refractivity contribution in [3.05, 3.63) is 11.7 Å². The van der Waals surface area contributed by atoms with Gasteiger partial charge in [0, 0.05) is 13.5 Å². The third kappa shape index (κ3) is 4.38. The Balaban J connectivity index is 2.62. The van der Waals surface area contributed by atoms with Crippen molar-refractivity contribution < 1.29 is 9.26 Å².